The van der Waals surface area contributed by atoms with Crippen molar-refractivity contribution in [1.29, 1.82) is 0 Å². The van der Waals surface area contributed by atoms with Crippen LogP contribution in [0.2, 0.25) is 0 Å². The Balaban J connectivity index is 2.07. The second kappa shape index (κ2) is 5.36. The summed E-state index contributed by atoms with van der Waals surface area (Å²) in [4.78, 5) is 17.6. The van der Waals surface area contributed by atoms with E-state index < -0.39 is 0 Å². The standard InChI is InChI=1S/C13H21N3O/c1-10(9-14-2)13(17)16-8-4-6-12(16)11-5-3-7-15-11/h3,5,7,10,12,14-15H,4,6,8-9H2,1-2H3. The highest BCUT2D eigenvalue weighted by Gasteiger charge is 2.32. The van der Waals surface area contributed by atoms with Gasteiger partial charge in [-0.05, 0) is 32.0 Å². The monoisotopic (exact) mass is 235 g/mol. The third kappa shape index (κ3) is 2.52. The number of hydrogen-bond donors (Lipinski definition) is 2. The molecule has 2 heterocycles. The van der Waals surface area contributed by atoms with E-state index in [1.807, 2.05) is 31.1 Å². The van der Waals surface area contributed by atoms with Gasteiger partial charge >= 0.3 is 0 Å². The van der Waals surface area contributed by atoms with Gasteiger partial charge in [-0.1, -0.05) is 6.92 Å². The summed E-state index contributed by atoms with van der Waals surface area (Å²) in [5.41, 5.74) is 1.16. The zero-order chi connectivity index (χ0) is 12.3. The molecule has 1 aliphatic rings. The summed E-state index contributed by atoms with van der Waals surface area (Å²) in [5, 5.41) is 3.07. The van der Waals surface area contributed by atoms with Crippen LogP contribution >= 0.6 is 0 Å². The van der Waals surface area contributed by atoms with E-state index in [4.69, 9.17) is 0 Å². The van der Waals surface area contributed by atoms with Gasteiger partial charge in [-0.3, -0.25) is 4.79 Å². The molecule has 0 aromatic carbocycles. The summed E-state index contributed by atoms with van der Waals surface area (Å²) < 4.78 is 0. The first kappa shape index (κ1) is 12.2. The number of carbonyl (C=O) groups is 1. The fourth-order valence-electron chi connectivity index (χ4n) is 2.58. The molecule has 0 spiro atoms. The van der Waals surface area contributed by atoms with Crippen molar-refractivity contribution in [2.45, 2.75) is 25.8 Å². The molecule has 1 aliphatic heterocycles. The molecule has 17 heavy (non-hydrogen) atoms. The van der Waals surface area contributed by atoms with Crippen molar-refractivity contribution in [1.82, 2.24) is 15.2 Å². The minimum atomic E-state index is 0.0514. The molecule has 2 atom stereocenters. The summed E-state index contributed by atoms with van der Waals surface area (Å²) in [6.07, 6.45) is 4.09. The Labute approximate surface area is 102 Å². The van der Waals surface area contributed by atoms with Gasteiger partial charge in [0.2, 0.25) is 5.91 Å². The maximum absolute atomic E-state index is 12.3. The Morgan fingerprint density at radius 2 is 2.53 bits per heavy atom. The Kier molecular flexibility index (Phi) is 3.84. The number of H-pyrrole nitrogens is 1. The molecule has 1 saturated heterocycles. The van der Waals surface area contributed by atoms with Crippen LogP contribution < -0.4 is 5.32 Å². The lowest BCUT2D eigenvalue weighted by Gasteiger charge is -2.27. The van der Waals surface area contributed by atoms with E-state index >= 15 is 0 Å². The van der Waals surface area contributed by atoms with E-state index in [1.165, 1.54) is 0 Å². The van der Waals surface area contributed by atoms with Gasteiger partial charge < -0.3 is 15.2 Å². The predicted molar refractivity (Wildman–Crippen MR) is 67.6 cm³/mol. The fraction of sp³-hybridized carbons (Fsp3) is 0.615. The van der Waals surface area contributed by atoms with Gasteiger partial charge in [0.25, 0.3) is 0 Å². The van der Waals surface area contributed by atoms with E-state index in [9.17, 15) is 4.79 Å². The highest BCUT2D eigenvalue weighted by molar-refractivity contribution is 5.79. The normalized spacial score (nSPS) is 21.8. The first-order valence-corrected chi connectivity index (χ1v) is 6.32. The molecule has 2 rings (SSSR count). The van der Waals surface area contributed by atoms with Crippen LogP contribution in [0.4, 0.5) is 0 Å². The number of nitrogens with one attached hydrogen (secondary N) is 2. The zero-order valence-corrected chi connectivity index (χ0v) is 10.6. The van der Waals surface area contributed by atoms with E-state index in [1.54, 1.807) is 0 Å². The Hall–Kier alpha value is -1.29. The van der Waals surface area contributed by atoms with Gasteiger partial charge in [-0.25, -0.2) is 0 Å². The molecule has 4 nitrogen and oxygen atoms in total. The van der Waals surface area contributed by atoms with Crippen molar-refractivity contribution < 1.29 is 4.79 Å². The van der Waals surface area contributed by atoms with E-state index in [0.717, 1.165) is 31.6 Å². The van der Waals surface area contributed by atoms with Crippen LogP contribution in [0, 0.1) is 5.92 Å². The average molecular weight is 235 g/mol. The van der Waals surface area contributed by atoms with E-state index in [-0.39, 0.29) is 17.9 Å². The summed E-state index contributed by atoms with van der Waals surface area (Å²) in [6, 6.07) is 4.31. The lowest BCUT2D eigenvalue weighted by molar-refractivity contribution is -0.135. The maximum Gasteiger partial charge on any atom is 0.227 e. The van der Waals surface area contributed by atoms with Crippen LogP contribution in [-0.4, -0.2) is 35.9 Å². The maximum atomic E-state index is 12.3. The SMILES string of the molecule is CNCC(C)C(=O)N1CCCC1c1ccc[nH]1. The number of aromatic nitrogens is 1. The predicted octanol–water partition coefficient (Wildman–Crippen LogP) is 1.53. The second-order valence-corrected chi connectivity index (χ2v) is 4.77. The van der Waals surface area contributed by atoms with E-state index in [2.05, 4.69) is 16.4 Å². The zero-order valence-electron chi connectivity index (χ0n) is 10.6. The van der Waals surface area contributed by atoms with Crippen molar-refractivity contribution in [3.8, 4) is 0 Å². The molecule has 0 aliphatic carbocycles. The minimum Gasteiger partial charge on any atom is -0.363 e. The number of aromatic amines is 1. The Morgan fingerprint density at radius 1 is 1.71 bits per heavy atom. The summed E-state index contributed by atoms with van der Waals surface area (Å²) in [7, 11) is 1.89. The van der Waals surface area contributed by atoms with Crippen molar-refractivity contribution in [2.75, 3.05) is 20.1 Å². The molecule has 1 aromatic rings. The number of amides is 1. The van der Waals surface area contributed by atoms with Gasteiger partial charge in [-0.15, -0.1) is 0 Å². The lowest BCUT2D eigenvalue weighted by atomic mass is 10.1. The van der Waals surface area contributed by atoms with Crippen molar-refractivity contribution in [3.05, 3.63) is 24.0 Å². The van der Waals surface area contributed by atoms with Crippen LogP contribution in [0.5, 0.6) is 0 Å². The number of rotatable bonds is 4. The molecule has 94 valence electrons. The first-order chi connectivity index (χ1) is 8.24. The fourth-order valence-corrected chi connectivity index (χ4v) is 2.58. The smallest absolute Gasteiger partial charge is 0.227 e. The second-order valence-electron chi connectivity index (χ2n) is 4.77. The van der Waals surface area contributed by atoms with Crippen LogP contribution in [0.15, 0.2) is 18.3 Å². The minimum absolute atomic E-state index is 0.0514. The van der Waals surface area contributed by atoms with Crippen LogP contribution in [0.1, 0.15) is 31.5 Å². The van der Waals surface area contributed by atoms with Gasteiger partial charge in [0, 0.05) is 30.9 Å². The largest absolute Gasteiger partial charge is 0.363 e. The molecule has 4 heteroatoms. The van der Waals surface area contributed by atoms with E-state index in [0.29, 0.717) is 0 Å². The molecule has 1 fully saturated rings. The molecule has 1 aromatic heterocycles. The highest BCUT2D eigenvalue weighted by Crippen LogP contribution is 2.31. The van der Waals surface area contributed by atoms with Gasteiger partial charge in [0.15, 0.2) is 0 Å². The van der Waals surface area contributed by atoms with Crippen molar-refractivity contribution >= 4 is 5.91 Å². The average Bonchev–Trinajstić information content (AvgIpc) is 2.98. The number of carbonyl (C=O) groups excluding carboxylic acids is 1. The van der Waals surface area contributed by atoms with Crippen molar-refractivity contribution in [3.63, 3.8) is 0 Å². The Morgan fingerprint density at radius 3 is 3.18 bits per heavy atom. The van der Waals surface area contributed by atoms with Crippen molar-refractivity contribution in [2.24, 2.45) is 5.92 Å². The summed E-state index contributed by atoms with van der Waals surface area (Å²) in [6.45, 7) is 3.62. The summed E-state index contributed by atoms with van der Waals surface area (Å²) in [5.74, 6) is 0.312. The number of hydrogen-bond acceptors (Lipinski definition) is 2. The van der Waals surface area contributed by atoms with Gasteiger partial charge in [0.05, 0.1) is 6.04 Å². The molecular formula is C13H21N3O. The molecule has 2 unspecified atom stereocenters. The van der Waals surface area contributed by atoms with Crippen LogP contribution in [-0.2, 0) is 4.79 Å². The van der Waals surface area contributed by atoms with Gasteiger partial charge in [-0.2, -0.15) is 0 Å². The third-order valence-corrected chi connectivity index (χ3v) is 3.45. The molecule has 2 N–H and O–H groups in total. The van der Waals surface area contributed by atoms with Gasteiger partial charge in [0.1, 0.15) is 0 Å². The topological polar surface area (TPSA) is 48.1 Å². The number of likely N-dealkylation sites (tertiary alicyclic amines) is 1. The lowest BCUT2D eigenvalue weighted by Crippen LogP contribution is -2.38. The highest BCUT2D eigenvalue weighted by atomic mass is 16.2. The molecule has 0 saturated carbocycles. The first-order valence-electron chi connectivity index (χ1n) is 6.32. The molecule has 1 amide bonds. The Bertz CT molecular complexity index is 361. The molecule has 0 bridgehead atoms. The molecule has 0 radical (unpaired) electrons. The summed E-state index contributed by atoms with van der Waals surface area (Å²) >= 11 is 0. The van der Waals surface area contributed by atoms with Crippen LogP contribution in [0.25, 0.3) is 0 Å². The third-order valence-electron chi connectivity index (χ3n) is 3.45. The number of nitrogens with zero attached hydrogens (tertiary/aromatic N) is 1. The molecular weight excluding hydrogens is 214 g/mol. The quantitative estimate of drug-likeness (QED) is 0.831. The van der Waals surface area contributed by atoms with Crippen LogP contribution in [0.3, 0.4) is 0 Å².